The zero-order chi connectivity index (χ0) is 16.3. The Kier molecular flexibility index (Phi) is 6.40. The summed E-state index contributed by atoms with van der Waals surface area (Å²) in [6, 6.07) is 17.2. The van der Waals surface area contributed by atoms with Crippen LogP contribution in [0.25, 0.3) is 11.1 Å². The molecule has 1 N–H and O–H groups in total. The quantitative estimate of drug-likeness (QED) is 0.904. The highest BCUT2D eigenvalue weighted by Gasteiger charge is 2.28. The molecule has 0 saturated carbocycles. The smallest absolute Gasteiger partial charge is 0.243 e. The molecular formula is C18H23ClN2O2S. The molecule has 6 heteroatoms. The van der Waals surface area contributed by atoms with E-state index in [1.807, 2.05) is 42.5 Å². The molecule has 0 spiro atoms. The first-order valence-electron chi connectivity index (χ1n) is 7.93. The first-order chi connectivity index (χ1) is 11.1. The lowest BCUT2D eigenvalue weighted by Gasteiger charge is -2.30. The number of hydrogen-bond acceptors (Lipinski definition) is 3. The van der Waals surface area contributed by atoms with Crippen LogP contribution in [0.3, 0.4) is 0 Å². The monoisotopic (exact) mass is 366 g/mol. The van der Waals surface area contributed by atoms with Crippen molar-refractivity contribution in [2.75, 3.05) is 20.1 Å². The molecule has 0 atom stereocenters. The Morgan fingerprint density at radius 3 is 2.04 bits per heavy atom. The zero-order valence-corrected chi connectivity index (χ0v) is 15.3. The summed E-state index contributed by atoms with van der Waals surface area (Å²) < 4.78 is 27.1. The number of piperidine rings is 1. The van der Waals surface area contributed by atoms with Gasteiger partial charge in [0.2, 0.25) is 10.0 Å². The fourth-order valence-electron chi connectivity index (χ4n) is 2.98. The molecule has 2 aromatic rings. The third-order valence-corrected chi connectivity index (χ3v) is 6.39. The largest absolute Gasteiger partial charge is 0.317 e. The summed E-state index contributed by atoms with van der Waals surface area (Å²) in [4.78, 5) is 0.359. The lowest BCUT2D eigenvalue weighted by atomic mass is 10.1. The Balaban J connectivity index is 0.00000208. The van der Waals surface area contributed by atoms with Crippen LogP contribution in [0.5, 0.6) is 0 Å². The van der Waals surface area contributed by atoms with Crippen LogP contribution in [-0.4, -0.2) is 38.9 Å². The molecule has 130 valence electrons. The lowest BCUT2D eigenvalue weighted by Crippen LogP contribution is -2.43. The second kappa shape index (κ2) is 8.12. The number of sulfonamides is 1. The Morgan fingerprint density at radius 2 is 1.46 bits per heavy atom. The van der Waals surface area contributed by atoms with E-state index in [0.29, 0.717) is 4.90 Å². The summed E-state index contributed by atoms with van der Waals surface area (Å²) in [5.74, 6) is 0. The fourth-order valence-corrected chi connectivity index (χ4v) is 4.40. The topological polar surface area (TPSA) is 49.4 Å². The number of benzene rings is 2. The lowest BCUT2D eigenvalue weighted by molar-refractivity contribution is 0.296. The number of hydrogen-bond donors (Lipinski definition) is 1. The van der Waals surface area contributed by atoms with Crippen LogP contribution in [0.1, 0.15) is 12.8 Å². The number of halogens is 1. The van der Waals surface area contributed by atoms with Gasteiger partial charge in [-0.25, -0.2) is 8.42 Å². The molecule has 1 aliphatic heterocycles. The molecule has 3 rings (SSSR count). The predicted octanol–water partition coefficient (Wildman–Crippen LogP) is 3.15. The maximum atomic E-state index is 12.8. The van der Waals surface area contributed by atoms with Gasteiger partial charge in [-0.15, -0.1) is 12.4 Å². The molecule has 4 nitrogen and oxygen atoms in total. The van der Waals surface area contributed by atoms with E-state index in [2.05, 4.69) is 5.32 Å². The van der Waals surface area contributed by atoms with Crippen molar-refractivity contribution in [1.82, 2.24) is 9.62 Å². The summed E-state index contributed by atoms with van der Waals surface area (Å²) in [5, 5.41) is 3.26. The van der Waals surface area contributed by atoms with Crippen LogP contribution in [0.4, 0.5) is 0 Å². The van der Waals surface area contributed by atoms with Crippen molar-refractivity contribution < 1.29 is 8.42 Å². The highest BCUT2D eigenvalue weighted by atomic mass is 35.5. The minimum atomic E-state index is -3.43. The maximum Gasteiger partial charge on any atom is 0.243 e. The molecule has 0 unspecified atom stereocenters. The van der Waals surface area contributed by atoms with Crippen LogP contribution in [0.2, 0.25) is 0 Å². The predicted molar refractivity (Wildman–Crippen MR) is 100.0 cm³/mol. The van der Waals surface area contributed by atoms with Gasteiger partial charge in [0.25, 0.3) is 0 Å². The highest BCUT2D eigenvalue weighted by molar-refractivity contribution is 7.89. The van der Waals surface area contributed by atoms with Gasteiger partial charge in [-0.2, -0.15) is 4.31 Å². The Bertz CT molecular complexity index is 742. The molecule has 2 aromatic carbocycles. The van der Waals surface area contributed by atoms with E-state index in [0.717, 1.165) is 37.1 Å². The van der Waals surface area contributed by atoms with E-state index < -0.39 is 10.0 Å². The van der Waals surface area contributed by atoms with Gasteiger partial charge in [-0.05, 0) is 49.2 Å². The van der Waals surface area contributed by atoms with Gasteiger partial charge in [0.1, 0.15) is 0 Å². The van der Waals surface area contributed by atoms with Gasteiger partial charge in [0.15, 0.2) is 0 Å². The minimum Gasteiger partial charge on any atom is -0.317 e. The van der Waals surface area contributed by atoms with Crippen molar-refractivity contribution in [3.05, 3.63) is 54.6 Å². The molecule has 24 heavy (non-hydrogen) atoms. The fraction of sp³-hybridized carbons (Fsp3) is 0.333. The maximum absolute atomic E-state index is 12.8. The van der Waals surface area contributed by atoms with Crippen molar-refractivity contribution >= 4 is 22.4 Å². The van der Waals surface area contributed by atoms with Gasteiger partial charge < -0.3 is 5.32 Å². The number of rotatable bonds is 4. The van der Waals surface area contributed by atoms with Crippen molar-refractivity contribution in [2.24, 2.45) is 0 Å². The van der Waals surface area contributed by atoms with Crippen LogP contribution < -0.4 is 5.32 Å². The number of nitrogens with zero attached hydrogens (tertiary/aromatic N) is 1. The molecule has 1 aliphatic rings. The molecule has 0 amide bonds. The zero-order valence-electron chi connectivity index (χ0n) is 13.7. The van der Waals surface area contributed by atoms with Gasteiger partial charge in [-0.1, -0.05) is 42.5 Å². The second-order valence-corrected chi connectivity index (χ2v) is 7.89. The van der Waals surface area contributed by atoms with E-state index in [-0.39, 0.29) is 18.4 Å². The second-order valence-electron chi connectivity index (χ2n) is 5.89. The molecular weight excluding hydrogens is 344 g/mol. The van der Waals surface area contributed by atoms with Crippen LogP contribution in [0.15, 0.2) is 59.5 Å². The van der Waals surface area contributed by atoms with Crippen molar-refractivity contribution in [1.29, 1.82) is 0 Å². The molecule has 0 aromatic heterocycles. The molecule has 0 aliphatic carbocycles. The molecule has 1 saturated heterocycles. The van der Waals surface area contributed by atoms with Gasteiger partial charge in [0, 0.05) is 13.1 Å². The third kappa shape index (κ3) is 3.98. The summed E-state index contributed by atoms with van der Waals surface area (Å²) >= 11 is 0. The summed E-state index contributed by atoms with van der Waals surface area (Å²) in [7, 11) is -1.74. The van der Waals surface area contributed by atoms with E-state index in [1.165, 1.54) is 4.31 Å². The SMILES string of the molecule is CN(C1CCNCC1)S(=O)(=O)c1ccc(-c2ccccc2)cc1.Cl. The summed E-state index contributed by atoms with van der Waals surface area (Å²) in [6.07, 6.45) is 1.72. The molecule has 1 fully saturated rings. The van der Waals surface area contributed by atoms with Crippen molar-refractivity contribution in [2.45, 2.75) is 23.8 Å². The Morgan fingerprint density at radius 1 is 0.917 bits per heavy atom. The average Bonchev–Trinajstić information content (AvgIpc) is 2.62. The molecule has 1 heterocycles. The molecule has 0 bridgehead atoms. The first kappa shape index (κ1) is 18.9. The Labute approximate surface area is 150 Å². The van der Waals surface area contributed by atoms with Crippen LogP contribution >= 0.6 is 12.4 Å². The highest BCUT2D eigenvalue weighted by Crippen LogP contribution is 2.24. The van der Waals surface area contributed by atoms with Crippen LogP contribution in [-0.2, 0) is 10.0 Å². The normalized spacial score (nSPS) is 15.9. The van der Waals surface area contributed by atoms with Gasteiger partial charge in [0.05, 0.1) is 4.90 Å². The van der Waals surface area contributed by atoms with Crippen molar-refractivity contribution in [3.63, 3.8) is 0 Å². The van der Waals surface area contributed by atoms with Crippen molar-refractivity contribution in [3.8, 4) is 11.1 Å². The van der Waals surface area contributed by atoms with Gasteiger partial charge >= 0.3 is 0 Å². The van der Waals surface area contributed by atoms with E-state index in [1.54, 1.807) is 19.2 Å². The number of nitrogens with one attached hydrogen (secondary N) is 1. The van der Waals surface area contributed by atoms with Crippen LogP contribution in [0, 0.1) is 0 Å². The first-order valence-corrected chi connectivity index (χ1v) is 9.37. The van der Waals surface area contributed by atoms with E-state index in [4.69, 9.17) is 0 Å². The Hall–Kier alpha value is -1.40. The van der Waals surface area contributed by atoms with E-state index >= 15 is 0 Å². The minimum absolute atomic E-state index is 0. The average molecular weight is 367 g/mol. The van der Waals surface area contributed by atoms with E-state index in [9.17, 15) is 8.42 Å². The van der Waals surface area contributed by atoms with Gasteiger partial charge in [-0.3, -0.25) is 0 Å². The standard InChI is InChI=1S/C18H22N2O2S.ClH/c1-20(17-11-13-19-14-12-17)23(21,22)18-9-7-16(8-10-18)15-5-3-2-4-6-15;/h2-10,17,19H,11-14H2,1H3;1H. The summed E-state index contributed by atoms with van der Waals surface area (Å²) in [5.41, 5.74) is 2.11. The summed E-state index contributed by atoms with van der Waals surface area (Å²) in [6.45, 7) is 1.74. The third-order valence-electron chi connectivity index (χ3n) is 4.46. The molecule has 0 radical (unpaired) electrons.